The molecule has 5 N–H and O–H groups in total. The number of aliphatic hydroxyl groups is 1. The van der Waals surface area contributed by atoms with Gasteiger partial charge < -0.3 is 21.5 Å². The van der Waals surface area contributed by atoms with Crippen LogP contribution in [0.3, 0.4) is 0 Å². The molecule has 0 bridgehead atoms. The lowest BCUT2D eigenvalue weighted by Crippen LogP contribution is -2.44. The van der Waals surface area contributed by atoms with E-state index < -0.39 is 31.8 Å². The van der Waals surface area contributed by atoms with Gasteiger partial charge in [0, 0.05) is 10.6 Å². The first kappa shape index (κ1) is 28.1. The summed E-state index contributed by atoms with van der Waals surface area (Å²) < 4.78 is 63.3. The van der Waals surface area contributed by atoms with Crippen LogP contribution >= 0.6 is 15.9 Å². The zero-order valence-corrected chi connectivity index (χ0v) is 21.0. The molecule has 0 aliphatic heterocycles. The van der Waals surface area contributed by atoms with E-state index in [2.05, 4.69) is 41.9 Å². The highest BCUT2D eigenvalue weighted by molar-refractivity contribution is 9.11. The van der Waals surface area contributed by atoms with Gasteiger partial charge in [0.25, 0.3) is 0 Å². The molecule has 0 radical (unpaired) electrons. The van der Waals surface area contributed by atoms with Crippen molar-refractivity contribution in [3.63, 3.8) is 0 Å². The Balaban J connectivity index is 3.07. The van der Waals surface area contributed by atoms with Crippen molar-refractivity contribution in [3.05, 3.63) is 47.2 Å². The van der Waals surface area contributed by atoms with Gasteiger partial charge in [0.05, 0.1) is 16.1 Å². The van der Waals surface area contributed by atoms with Crippen LogP contribution in [-0.2, 0) is 20.7 Å². The molecule has 0 amide bonds. The number of nitrogens with zero attached hydrogens (tertiary/aromatic N) is 2. The molecule has 1 aromatic carbocycles. The zero-order chi connectivity index (χ0) is 24.9. The first-order valence-electron chi connectivity index (χ1n) is 8.90. The molecule has 180 valence electrons. The van der Waals surface area contributed by atoms with Gasteiger partial charge in [-0.25, -0.2) is 0 Å². The van der Waals surface area contributed by atoms with Crippen molar-refractivity contribution in [2.24, 2.45) is 14.5 Å². The summed E-state index contributed by atoms with van der Waals surface area (Å²) in [5.74, 6) is 0.282. The van der Waals surface area contributed by atoms with Crippen LogP contribution in [0.5, 0.6) is 0 Å². The van der Waals surface area contributed by atoms with Gasteiger partial charge in [-0.05, 0) is 67.2 Å². The first-order valence-corrected chi connectivity index (χ1v) is 12.7. The number of hydrogen-bond donors (Lipinski definition) is 4. The molecule has 1 rings (SSSR count). The Bertz CT molecular complexity index is 1030. The lowest BCUT2D eigenvalue weighted by molar-refractivity contribution is -0.0434. The van der Waals surface area contributed by atoms with E-state index in [-0.39, 0.29) is 16.9 Å². The van der Waals surface area contributed by atoms with Crippen LogP contribution in [0.4, 0.5) is 18.9 Å². The number of alkyl halides is 3. The number of anilines is 1. The van der Waals surface area contributed by atoms with Crippen molar-refractivity contribution in [1.82, 2.24) is 5.32 Å². The number of aliphatic imine (C=N–C) groups is 1. The maximum atomic E-state index is 12.5. The second-order valence-electron chi connectivity index (χ2n) is 7.04. The number of halogens is 4. The normalized spacial score (nSPS) is 16.2. The number of benzene rings is 1. The van der Waals surface area contributed by atoms with E-state index in [0.717, 1.165) is 0 Å². The van der Waals surface area contributed by atoms with Gasteiger partial charge in [-0.3, -0.25) is 0 Å². The summed E-state index contributed by atoms with van der Waals surface area (Å²) >= 11 is 3.30. The molecule has 0 saturated carbocycles. The van der Waals surface area contributed by atoms with Gasteiger partial charge >= 0.3 is 15.5 Å². The van der Waals surface area contributed by atoms with E-state index in [1.54, 1.807) is 20.8 Å². The molecule has 32 heavy (non-hydrogen) atoms. The second kappa shape index (κ2) is 10.8. The van der Waals surface area contributed by atoms with Crippen molar-refractivity contribution < 1.29 is 26.7 Å². The van der Waals surface area contributed by atoms with Crippen LogP contribution in [0.1, 0.15) is 20.8 Å². The molecule has 0 aromatic heterocycles. The van der Waals surface area contributed by atoms with E-state index in [1.807, 2.05) is 0 Å². The summed E-state index contributed by atoms with van der Waals surface area (Å²) in [6, 6.07) is 5.46. The molecule has 0 aliphatic rings. The summed E-state index contributed by atoms with van der Waals surface area (Å²) in [5, 5.41) is 16.0. The predicted octanol–water partition coefficient (Wildman–Crippen LogP) is 3.55. The molecule has 0 saturated heterocycles. The zero-order valence-electron chi connectivity index (χ0n) is 17.7. The summed E-state index contributed by atoms with van der Waals surface area (Å²) in [4.78, 5) is 4.52. The van der Waals surface area contributed by atoms with Crippen molar-refractivity contribution in [2.75, 3.05) is 11.6 Å². The van der Waals surface area contributed by atoms with E-state index in [4.69, 9.17) is 5.73 Å². The standard InChI is InChI=1S/C18H25BrF3N5O3S2/c1-6-14(19)15(24-11(2)17(3,4)28)26-16(23)25-12-7-9-13(10-8-12)31(5)27-32(29,30)18(20,21)22/h6-11,24,28H,1H2,2-5H3,(H3,23,25,26)/b15-14+/t11-,31?/m1/s1. The van der Waals surface area contributed by atoms with E-state index >= 15 is 0 Å². The fourth-order valence-corrected chi connectivity index (χ4v) is 4.49. The topological polar surface area (TPSA) is 129 Å². The number of rotatable bonds is 8. The number of hydrogen-bond acceptors (Lipinski definition) is 5. The average Bonchev–Trinajstić information content (AvgIpc) is 2.65. The third-order valence-electron chi connectivity index (χ3n) is 4.02. The van der Waals surface area contributed by atoms with Gasteiger partial charge in [-0.1, -0.05) is 23.3 Å². The largest absolute Gasteiger partial charge is 0.519 e. The number of guanidine groups is 1. The maximum Gasteiger partial charge on any atom is 0.519 e. The third kappa shape index (κ3) is 8.22. The van der Waals surface area contributed by atoms with Crippen molar-refractivity contribution in [2.45, 2.75) is 42.8 Å². The Morgan fingerprint density at radius 3 is 2.28 bits per heavy atom. The van der Waals surface area contributed by atoms with Crippen molar-refractivity contribution in [1.29, 1.82) is 0 Å². The van der Waals surface area contributed by atoms with Crippen LogP contribution in [-0.4, -0.2) is 42.9 Å². The van der Waals surface area contributed by atoms with E-state index in [9.17, 15) is 26.7 Å². The highest BCUT2D eigenvalue weighted by atomic mass is 79.9. The molecule has 1 aromatic rings. The highest BCUT2D eigenvalue weighted by Gasteiger charge is 2.46. The van der Waals surface area contributed by atoms with Crippen molar-refractivity contribution in [3.8, 4) is 0 Å². The number of allylic oxidation sites excluding steroid dienone is 2. The van der Waals surface area contributed by atoms with Crippen LogP contribution < -0.4 is 16.4 Å². The summed E-state index contributed by atoms with van der Waals surface area (Å²) in [7, 11) is -7.11. The molecule has 8 nitrogen and oxygen atoms in total. The summed E-state index contributed by atoms with van der Waals surface area (Å²) in [6.45, 7) is 8.67. The molecular formula is C18H25BrF3N5O3S2. The minimum Gasteiger partial charge on any atom is -0.388 e. The molecule has 0 heterocycles. The van der Waals surface area contributed by atoms with Gasteiger partial charge in [-0.15, -0.1) is 3.77 Å². The van der Waals surface area contributed by atoms with Crippen LogP contribution in [0.2, 0.25) is 0 Å². The smallest absolute Gasteiger partial charge is 0.388 e. The van der Waals surface area contributed by atoms with E-state index in [0.29, 0.717) is 16.0 Å². The van der Waals surface area contributed by atoms with Crippen molar-refractivity contribution >= 4 is 48.3 Å². The molecular weight excluding hydrogens is 535 g/mol. The van der Waals surface area contributed by atoms with Gasteiger partial charge in [0.2, 0.25) is 0 Å². The van der Waals surface area contributed by atoms with Crippen LogP contribution in [0, 0.1) is 0 Å². The van der Waals surface area contributed by atoms with Crippen LogP contribution in [0.15, 0.2) is 60.9 Å². The van der Waals surface area contributed by atoms with Gasteiger partial charge in [-0.2, -0.15) is 26.6 Å². The fourth-order valence-electron chi connectivity index (χ4n) is 1.90. The second-order valence-corrected chi connectivity index (χ2v) is 11.3. The minimum atomic E-state index is -5.58. The summed E-state index contributed by atoms with van der Waals surface area (Å²) in [5.41, 5.74) is -0.0955. The Labute approximate surface area is 196 Å². The molecule has 2 atom stereocenters. The number of nitrogens with one attached hydrogen (secondary N) is 2. The first-order chi connectivity index (χ1) is 14.5. The number of nitrogens with two attached hydrogens (primary N) is 1. The number of sulfonamides is 1. The molecule has 1 unspecified atom stereocenters. The Hall–Kier alpha value is -1.90. The molecule has 0 fully saturated rings. The lowest BCUT2D eigenvalue weighted by Gasteiger charge is -2.28. The van der Waals surface area contributed by atoms with Gasteiger partial charge in [0.1, 0.15) is 5.82 Å². The maximum absolute atomic E-state index is 12.5. The molecule has 0 spiro atoms. The summed E-state index contributed by atoms with van der Waals surface area (Å²) in [6.07, 6.45) is 2.76. The van der Waals surface area contributed by atoms with E-state index in [1.165, 1.54) is 36.6 Å². The Morgan fingerprint density at radius 2 is 1.84 bits per heavy atom. The van der Waals surface area contributed by atoms with Gasteiger partial charge in [0.15, 0.2) is 5.96 Å². The minimum absolute atomic E-state index is 0.0261. The molecule has 0 aliphatic carbocycles. The SMILES string of the molecule is C=C/C(Br)=C(\N=C(N)Nc1ccc(S(C)=NS(=O)(=O)C(F)(F)F)cc1)N[C@H](C)C(C)(C)O. The predicted molar refractivity (Wildman–Crippen MR) is 126 cm³/mol. The molecule has 14 heteroatoms. The Kier molecular flexibility index (Phi) is 9.51. The Morgan fingerprint density at radius 1 is 1.31 bits per heavy atom. The monoisotopic (exact) mass is 559 g/mol. The quantitative estimate of drug-likeness (QED) is 0.219. The fraction of sp³-hybridized carbons (Fsp3) is 0.389. The van der Waals surface area contributed by atoms with Crippen LogP contribution in [0.25, 0.3) is 0 Å². The lowest BCUT2D eigenvalue weighted by atomic mass is 10.0. The highest BCUT2D eigenvalue weighted by Crippen LogP contribution is 2.26. The third-order valence-corrected chi connectivity index (χ3v) is 7.94. The average molecular weight is 560 g/mol.